The van der Waals surface area contributed by atoms with Gasteiger partial charge in [-0.2, -0.15) is 0 Å². The maximum absolute atomic E-state index is 11.1. The predicted molar refractivity (Wildman–Crippen MR) is 55.5 cm³/mol. The number of Topliss-reactive ketones (excluding diaryl/α,β-unsaturated/α-hetero) is 1. The van der Waals surface area contributed by atoms with Gasteiger partial charge in [0.25, 0.3) is 0 Å². The summed E-state index contributed by atoms with van der Waals surface area (Å²) in [6.45, 7) is 3.60. The molecule has 0 amide bonds. The van der Waals surface area contributed by atoms with Crippen LogP contribution in [0.15, 0.2) is 18.2 Å². The molecule has 0 aliphatic heterocycles. The van der Waals surface area contributed by atoms with E-state index in [9.17, 15) is 4.79 Å². The zero-order valence-corrected chi connectivity index (χ0v) is 8.59. The van der Waals surface area contributed by atoms with E-state index in [0.717, 1.165) is 16.8 Å². The van der Waals surface area contributed by atoms with Crippen molar-refractivity contribution in [3.8, 4) is 0 Å². The number of aryl methyl sites for hydroxylation is 1. The van der Waals surface area contributed by atoms with Crippen molar-refractivity contribution in [1.29, 1.82) is 0 Å². The van der Waals surface area contributed by atoms with E-state index in [0.29, 0.717) is 0 Å². The van der Waals surface area contributed by atoms with Crippen molar-refractivity contribution < 1.29 is 4.79 Å². The zero-order chi connectivity index (χ0) is 10.0. The molecule has 0 aliphatic rings. The second kappa shape index (κ2) is 3.60. The fourth-order valence-electron chi connectivity index (χ4n) is 1.38. The summed E-state index contributed by atoms with van der Waals surface area (Å²) in [5.41, 5.74) is 3.07. The van der Waals surface area contributed by atoms with Crippen molar-refractivity contribution in [2.75, 3.05) is 19.0 Å². The quantitative estimate of drug-likeness (QED) is 0.646. The molecule has 0 aromatic heterocycles. The summed E-state index contributed by atoms with van der Waals surface area (Å²) in [6, 6.07) is 5.77. The molecule has 2 heteroatoms. The average molecular weight is 177 g/mol. The fourth-order valence-corrected chi connectivity index (χ4v) is 1.38. The molecule has 1 aromatic rings. The molecule has 0 heterocycles. The number of ketones is 1. The Bertz CT molecular complexity index is 329. The number of nitrogens with zero attached hydrogens (tertiary/aromatic N) is 1. The van der Waals surface area contributed by atoms with Crippen LogP contribution in [-0.2, 0) is 0 Å². The molecule has 0 saturated heterocycles. The highest BCUT2D eigenvalue weighted by Gasteiger charge is 2.03. The van der Waals surface area contributed by atoms with Crippen molar-refractivity contribution in [2.45, 2.75) is 13.8 Å². The van der Waals surface area contributed by atoms with Crippen molar-refractivity contribution in [3.63, 3.8) is 0 Å². The molecule has 0 aliphatic carbocycles. The van der Waals surface area contributed by atoms with Gasteiger partial charge in [-0.3, -0.25) is 4.79 Å². The van der Waals surface area contributed by atoms with Crippen LogP contribution in [0.5, 0.6) is 0 Å². The molecule has 0 spiro atoms. The minimum absolute atomic E-state index is 0.119. The van der Waals surface area contributed by atoms with Crippen LogP contribution in [0.1, 0.15) is 22.8 Å². The van der Waals surface area contributed by atoms with Crippen LogP contribution in [0.4, 0.5) is 5.69 Å². The van der Waals surface area contributed by atoms with E-state index < -0.39 is 0 Å². The largest absolute Gasteiger partial charge is 0.377 e. The lowest BCUT2D eigenvalue weighted by Crippen LogP contribution is -2.10. The molecule has 13 heavy (non-hydrogen) atoms. The van der Waals surface area contributed by atoms with Crippen LogP contribution >= 0.6 is 0 Å². The topological polar surface area (TPSA) is 20.3 Å². The second-order valence-electron chi connectivity index (χ2n) is 3.45. The first-order valence-corrected chi connectivity index (χ1v) is 4.31. The SMILES string of the molecule is CC(=O)c1ccc(N(C)C)c(C)c1. The van der Waals surface area contributed by atoms with Crippen LogP contribution in [-0.4, -0.2) is 19.9 Å². The van der Waals surface area contributed by atoms with Crippen molar-refractivity contribution in [3.05, 3.63) is 29.3 Å². The van der Waals surface area contributed by atoms with Crippen LogP contribution in [0.3, 0.4) is 0 Å². The first kappa shape index (κ1) is 9.78. The summed E-state index contributed by atoms with van der Waals surface area (Å²) >= 11 is 0. The Hall–Kier alpha value is -1.31. The van der Waals surface area contributed by atoms with Crippen molar-refractivity contribution in [1.82, 2.24) is 0 Å². The highest BCUT2D eigenvalue weighted by atomic mass is 16.1. The summed E-state index contributed by atoms with van der Waals surface area (Å²) in [5, 5.41) is 0. The lowest BCUT2D eigenvalue weighted by molar-refractivity contribution is 0.101. The Balaban J connectivity index is 3.13. The standard InChI is InChI=1S/C11H15NO/c1-8-7-10(9(2)13)5-6-11(8)12(3)4/h5-7H,1-4H3. The Morgan fingerprint density at radius 2 is 1.92 bits per heavy atom. The normalized spacial score (nSPS) is 9.85. The average Bonchev–Trinajstić information content (AvgIpc) is 2.03. The third-order valence-corrected chi connectivity index (χ3v) is 2.09. The highest BCUT2D eigenvalue weighted by molar-refractivity contribution is 5.94. The Labute approximate surface area is 79.2 Å². The van der Waals surface area contributed by atoms with Crippen LogP contribution < -0.4 is 4.90 Å². The lowest BCUT2D eigenvalue weighted by atomic mass is 10.1. The number of hydrogen-bond donors (Lipinski definition) is 0. The van der Waals surface area contributed by atoms with E-state index >= 15 is 0 Å². The lowest BCUT2D eigenvalue weighted by Gasteiger charge is -2.15. The van der Waals surface area contributed by atoms with Gasteiger partial charge in [0.15, 0.2) is 5.78 Å². The third-order valence-electron chi connectivity index (χ3n) is 2.09. The van der Waals surface area contributed by atoms with E-state index in [-0.39, 0.29) is 5.78 Å². The minimum atomic E-state index is 0.119. The van der Waals surface area contributed by atoms with Gasteiger partial charge in [0, 0.05) is 25.3 Å². The molecular formula is C11H15NO. The van der Waals surface area contributed by atoms with Gasteiger partial charge in [0.1, 0.15) is 0 Å². The van der Waals surface area contributed by atoms with Gasteiger partial charge < -0.3 is 4.90 Å². The summed E-state index contributed by atoms with van der Waals surface area (Å²) < 4.78 is 0. The van der Waals surface area contributed by atoms with E-state index in [1.165, 1.54) is 0 Å². The van der Waals surface area contributed by atoms with Gasteiger partial charge in [-0.05, 0) is 37.6 Å². The number of anilines is 1. The molecule has 0 atom stereocenters. The van der Waals surface area contributed by atoms with Crippen LogP contribution in [0.25, 0.3) is 0 Å². The molecule has 0 N–H and O–H groups in total. The minimum Gasteiger partial charge on any atom is -0.377 e. The molecule has 0 bridgehead atoms. The molecule has 1 aromatic carbocycles. The van der Waals surface area contributed by atoms with E-state index in [1.807, 2.05) is 44.1 Å². The Morgan fingerprint density at radius 1 is 1.31 bits per heavy atom. The van der Waals surface area contributed by atoms with Crippen LogP contribution in [0, 0.1) is 6.92 Å². The third kappa shape index (κ3) is 2.08. The molecule has 70 valence electrons. The van der Waals surface area contributed by atoms with Crippen molar-refractivity contribution in [2.24, 2.45) is 0 Å². The van der Waals surface area contributed by atoms with Crippen molar-refractivity contribution >= 4 is 11.5 Å². The number of rotatable bonds is 2. The van der Waals surface area contributed by atoms with E-state index in [4.69, 9.17) is 0 Å². The van der Waals surface area contributed by atoms with Gasteiger partial charge in [0.05, 0.1) is 0 Å². The van der Waals surface area contributed by atoms with E-state index in [1.54, 1.807) is 6.92 Å². The zero-order valence-electron chi connectivity index (χ0n) is 8.59. The summed E-state index contributed by atoms with van der Waals surface area (Å²) in [6.07, 6.45) is 0. The number of carbonyl (C=O) groups is 1. The first-order valence-electron chi connectivity index (χ1n) is 4.31. The Kier molecular flexibility index (Phi) is 2.71. The van der Waals surface area contributed by atoms with E-state index in [2.05, 4.69) is 0 Å². The molecule has 0 fully saturated rings. The fraction of sp³-hybridized carbons (Fsp3) is 0.364. The molecular weight excluding hydrogens is 162 g/mol. The van der Waals surface area contributed by atoms with Crippen LogP contribution in [0.2, 0.25) is 0 Å². The molecule has 0 radical (unpaired) electrons. The summed E-state index contributed by atoms with van der Waals surface area (Å²) in [4.78, 5) is 13.1. The van der Waals surface area contributed by atoms with Gasteiger partial charge in [-0.1, -0.05) is 0 Å². The molecule has 0 unspecified atom stereocenters. The monoisotopic (exact) mass is 177 g/mol. The van der Waals surface area contributed by atoms with Gasteiger partial charge in [0.2, 0.25) is 0 Å². The summed E-state index contributed by atoms with van der Waals surface area (Å²) in [5.74, 6) is 0.119. The number of carbonyl (C=O) groups excluding carboxylic acids is 1. The smallest absolute Gasteiger partial charge is 0.159 e. The number of hydrogen-bond acceptors (Lipinski definition) is 2. The van der Waals surface area contributed by atoms with Gasteiger partial charge >= 0.3 is 0 Å². The van der Waals surface area contributed by atoms with Gasteiger partial charge in [-0.25, -0.2) is 0 Å². The van der Waals surface area contributed by atoms with Gasteiger partial charge in [-0.15, -0.1) is 0 Å². The molecule has 2 nitrogen and oxygen atoms in total. The predicted octanol–water partition coefficient (Wildman–Crippen LogP) is 2.26. The number of benzene rings is 1. The first-order chi connectivity index (χ1) is 6.02. The maximum Gasteiger partial charge on any atom is 0.159 e. The Morgan fingerprint density at radius 3 is 2.31 bits per heavy atom. The maximum atomic E-state index is 11.1. The summed E-state index contributed by atoms with van der Waals surface area (Å²) in [7, 11) is 3.99. The molecule has 1 rings (SSSR count). The highest BCUT2D eigenvalue weighted by Crippen LogP contribution is 2.18. The second-order valence-corrected chi connectivity index (χ2v) is 3.45. The molecule has 0 saturated carbocycles.